The number of rotatable bonds is 4. The number of anilines is 1. The Labute approximate surface area is 121 Å². The van der Waals surface area contributed by atoms with E-state index in [4.69, 9.17) is 11.6 Å². The molecule has 0 fully saturated rings. The third-order valence-electron chi connectivity index (χ3n) is 2.72. The standard InChI is InChI=1S/C15H14ClFN2O/c16-13-10-12(17)6-7-14(13)19-15(20)18-9-8-11-4-2-1-3-5-11/h1-7,10H,8-9H2,(H2,18,19,20). The maximum absolute atomic E-state index is 12.9. The molecule has 2 N–H and O–H groups in total. The van der Waals surface area contributed by atoms with Crippen LogP contribution in [-0.4, -0.2) is 12.6 Å². The fourth-order valence-corrected chi connectivity index (χ4v) is 1.94. The van der Waals surface area contributed by atoms with Gasteiger partial charge in [-0.2, -0.15) is 0 Å². The molecule has 0 aromatic heterocycles. The van der Waals surface area contributed by atoms with Crippen molar-refractivity contribution in [3.05, 3.63) is 64.9 Å². The maximum atomic E-state index is 12.9. The van der Waals surface area contributed by atoms with E-state index >= 15 is 0 Å². The van der Waals surface area contributed by atoms with Crippen LogP contribution in [-0.2, 0) is 6.42 Å². The van der Waals surface area contributed by atoms with Crippen molar-refractivity contribution < 1.29 is 9.18 Å². The third kappa shape index (κ3) is 4.24. The quantitative estimate of drug-likeness (QED) is 0.883. The van der Waals surface area contributed by atoms with Crippen molar-refractivity contribution >= 4 is 23.3 Å². The molecule has 2 aromatic carbocycles. The summed E-state index contributed by atoms with van der Waals surface area (Å²) in [5.41, 5.74) is 1.53. The number of benzene rings is 2. The molecule has 20 heavy (non-hydrogen) atoms. The third-order valence-corrected chi connectivity index (χ3v) is 3.03. The normalized spacial score (nSPS) is 10.1. The van der Waals surface area contributed by atoms with E-state index in [1.165, 1.54) is 12.1 Å². The molecule has 5 heteroatoms. The summed E-state index contributed by atoms with van der Waals surface area (Å²) in [5, 5.41) is 5.46. The number of hydrogen-bond donors (Lipinski definition) is 2. The van der Waals surface area contributed by atoms with Crippen LogP contribution in [0.25, 0.3) is 0 Å². The van der Waals surface area contributed by atoms with Crippen molar-refractivity contribution in [1.82, 2.24) is 5.32 Å². The second kappa shape index (κ2) is 6.91. The molecule has 0 aliphatic heterocycles. The number of halogens is 2. The van der Waals surface area contributed by atoms with E-state index in [-0.39, 0.29) is 11.1 Å². The minimum Gasteiger partial charge on any atom is -0.338 e. The minimum atomic E-state index is -0.440. The van der Waals surface area contributed by atoms with E-state index in [1.807, 2.05) is 30.3 Å². The molecule has 0 bridgehead atoms. The van der Waals surface area contributed by atoms with Gasteiger partial charge in [-0.05, 0) is 30.2 Å². The lowest BCUT2D eigenvalue weighted by molar-refractivity contribution is 0.252. The zero-order valence-electron chi connectivity index (χ0n) is 10.7. The van der Waals surface area contributed by atoms with Crippen LogP contribution in [0.5, 0.6) is 0 Å². The first-order chi connectivity index (χ1) is 9.65. The van der Waals surface area contributed by atoms with Gasteiger partial charge in [0.15, 0.2) is 0 Å². The van der Waals surface area contributed by atoms with E-state index < -0.39 is 5.82 Å². The van der Waals surface area contributed by atoms with Crippen molar-refractivity contribution in [2.75, 3.05) is 11.9 Å². The van der Waals surface area contributed by atoms with Crippen molar-refractivity contribution in [1.29, 1.82) is 0 Å². The van der Waals surface area contributed by atoms with Crippen LogP contribution in [0.4, 0.5) is 14.9 Å². The van der Waals surface area contributed by atoms with Crippen molar-refractivity contribution in [2.24, 2.45) is 0 Å². The van der Waals surface area contributed by atoms with Crippen molar-refractivity contribution in [3.63, 3.8) is 0 Å². The van der Waals surface area contributed by atoms with Gasteiger partial charge in [-0.1, -0.05) is 41.9 Å². The van der Waals surface area contributed by atoms with Crippen LogP contribution in [0.15, 0.2) is 48.5 Å². The van der Waals surface area contributed by atoms with E-state index in [9.17, 15) is 9.18 Å². The molecule has 0 atom stereocenters. The van der Waals surface area contributed by atoms with Gasteiger partial charge in [-0.25, -0.2) is 9.18 Å². The van der Waals surface area contributed by atoms with Crippen LogP contribution in [0, 0.1) is 5.82 Å². The second-order valence-corrected chi connectivity index (χ2v) is 4.65. The maximum Gasteiger partial charge on any atom is 0.319 e. The summed E-state index contributed by atoms with van der Waals surface area (Å²) in [7, 11) is 0. The Kier molecular flexibility index (Phi) is 4.96. The molecule has 0 unspecified atom stereocenters. The number of carbonyl (C=O) groups excluding carboxylic acids is 1. The Bertz CT molecular complexity index is 590. The zero-order valence-corrected chi connectivity index (χ0v) is 11.5. The molecular weight excluding hydrogens is 279 g/mol. The summed E-state index contributed by atoms with van der Waals surface area (Å²) in [6.07, 6.45) is 0.741. The SMILES string of the molecule is O=C(NCCc1ccccc1)Nc1ccc(F)cc1Cl. The van der Waals surface area contributed by atoms with Gasteiger partial charge in [0, 0.05) is 6.54 Å². The molecule has 2 rings (SSSR count). The van der Waals surface area contributed by atoms with Crippen LogP contribution in [0.1, 0.15) is 5.56 Å². The summed E-state index contributed by atoms with van der Waals surface area (Å²) >= 11 is 5.82. The van der Waals surface area contributed by atoms with Crippen LogP contribution in [0.3, 0.4) is 0 Å². The number of nitrogens with one attached hydrogen (secondary N) is 2. The molecule has 3 nitrogen and oxygen atoms in total. The summed E-state index contributed by atoms with van der Waals surface area (Å²) < 4.78 is 12.9. The predicted octanol–water partition coefficient (Wildman–Crippen LogP) is 3.84. The van der Waals surface area contributed by atoms with Gasteiger partial charge in [-0.15, -0.1) is 0 Å². The Morgan fingerprint density at radius 1 is 1.15 bits per heavy atom. The van der Waals surface area contributed by atoms with E-state index in [0.717, 1.165) is 18.1 Å². The first kappa shape index (κ1) is 14.3. The summed E-state index contributed by atoms with van der Waals surface area (Å²) in [5.74, 6) is -0.440. The molecule has 2 amide bonds. The van der Waals surface area contributed by atoms with Gasteiger partial charge in [0.1, 0.15) is 5.82 Å². The molecule has 104 valence electrons. The lowest BCUT2D eigenvalue weighted by Crippen LogP contribution is -2.30. The average molecular weight is 293 g/mol. The highest BCUT2D eigenvalue weighted by molar-refractivity contribution is 6.33. The van der Waals surface area contributed by atoms with Gasteiger partial charge in [0.05, 0.1) is 10.7 Å². The van der Waals surface area contributed by atoms with Gasteiger partial charge < -0.3 is 10.6 Å². The largest absolute Gasteiger partial charge is 0.338 e. The first-order valence-electron chi connectivity index (χ1n) is 6.19. The van der Waals surface area contributed by atoms with E-state index in [0.29, 0.717) is 12.2 Å². The zero-order chi connectivity index (χ0) is 14.4. The number of urea groups is 1. The monoisotopic (exact) mass is 292 g/mol. The topological polar surface area (TPSA) is 41.1 Å². The highest BCUT2D eigenvalue weighted by Crippen LogP contribution is 2.22. The van der Waals surface area contributed by atoms with Gasteiger partial charge >= 0.3 is 6.03 Å². The number of amides is 2. The summed E-state index contributed by atoms with van der Waals surface area (Å²) in [6, 6.07) is 13.3. The Balaban J connectivity index is 1.81. The Hall–Kier alpha value is -2.07. The second-order valence-electron chi connectivity index (χ2n) is 4.24. The Morgan fingerprint density at radius 2 is 1.90 bits per heavy atom. The summed E-state index contributed by atoms with van der Waals surface area (Å²) in [4.78, 5) is 11.7. The molecule has 0 radical (unpaired) electrons. The molecule has 0 saturated heterocycles. The lowest BCUT2D eigenvalue weighted by atomic mass is 10.1. The minimum absolute atomic E-state index is 0.170. The highest BCUT2D eigenvalue weighted by Gasteiger charge is 2.06. The van der Waals surface area contributed by atoms with Gasteiger partial charge in [0.2, 0.25) is 0 Å². The predicted molar refractivity (Wildman–Crippen MR) is 78.6 cm³/mol. The smallest absolute Gasteiger partial charge is 0.319 e. The van der Waals surface area contributed by atoms with Crippen molar-refractivity contribution in [3.8, 4) is 0 Å². The number of carbonyl (C=O) groups is 1. The lowest BCUT2D eigenvalue weighted by Gasteiger charge is -2.09. The van der Waals surface area contributed by atoms with Crippen LogP contribution < -0.4 is 10.6 Å². The van der Waals surface area contributed by atoms with Crippen LogP contribution in [0.2, 0.25) is 5.02 Å². The molecule has 0 spiro atoms. The van der Waals surface area contributed by atoms with E-state index in [2.05, 4.69) is 10.6 Å². The van der Waals surface area contributed by atoms with Crippen molar-refractivity contribution in [2.45, 2.75) is 6.42 Å². The van der Waals surface area contributed by atoms with E-state index in [1.54, 1.807) is 0 Å². The fourth-order valence-electron chi connectivity index (χ4n) is 1.72. The molecule has 0 aliphatic carbocycles. The Morgan fingerprint density at radius 3 is 2.60 bits per heavy atom. The molecule has 0 saturated carbocycles. The highest BCUT2D eigenvalue weighted by atomic mass is 35.5. The van der Waals surface area contributed by atoms with Gasteiger partial charge in [-0.3, -0.25) is 0 Å². The molecule has 0 aliphatic rings. The molecule has 0 heterocycles. The first-order valence-corrected chi connectivity index (χ1v) is 6.57. The fraction of sp³-hybridized carbons (Fsp3) is 0.133. The summed E-state index contributed by atoms with van der Waals surface area (Å²) in [6.45, 7) is 0.509. The molecular formula is C15H14ClFN2O. The number of hydrogen-bond acceptors (Lipinski definition) is 1. The van der Waals surface area contributed by atoms with Gasteiger partial charge in [0.25, 0.3) is 0 Å². The molecule has 2 aromatic rings. The van der Waals surface area contributed by atoms with Crippen LogP contribution >= 0.6 is 11.6 Å². The average Bonchev–Trinajstić information content (AvgIpc) is 2.43.